The molecule has 1 amide bonds. The van der Waals surface area contributed by atoms with Crippen LogP contribution in [0.2, 0.25) is 0 Å². The smallest absolute Gasteiger partial charge is 0.321 e. The predicted molar refractivity (Wildman–Crippen MR) is 127 cm³/mol. The Morgan fingerprint density at radius 1 is 0.914 bits per heavy atom. The standard InChI is InChI=1S/C25H20N4O6/c1-16-14-20(35-25-26-12-3-13-27-25)9-10-22(16)28-24(30)21-15-17(29(31)32)4-11-23(21)34-19-7-5-18(33-2)6-8-19/h3-15H,1-2H3,(H,28,30). The SMILES string of the molecule is COc1ccc(Oc2ccc([N+](=O)[O-])cc2C(=O)Nc2ccc(Oc3ncccn3)cc2C)cc1. The topological polar surface area (TPSA) is 126 Å². The van der Waals surface area contributed by atoms with E-state index in [4.69, 9.17) is 14.2 Å². The minimum atomic E-state index is -0.572. The Balaban J connectivity index is 1.57. The molecule has 0 aliphatic carbocycles. The van der Waals surface area contributed by atoms with Crippen LogP contribution in [0.25, 0.3) is 0 Å². The van der Waals surface area contributed by atoms with Gasteiger partial charge < -0.3 is 19.5 Å². The monoisotopic (exact) mass is 472 g/mol. The summed E-state index contributed by atoms with van der Waals surface area (Å²) in [5.41, 5.74) is 0.973. The van der Waals surface area contributed by atoms with E-state index in [0.29, 0.717) is 28.5 Å². The van der Waals surface area contributed by atoms with Gasteiger partial charge in [-0.1, -0.05) is 0 Å². The average Bonchev–Trinajstić information content (AvgIpc) is 2.87. The number of carbonyl (C=O) groups excluding carboxylic acids is 1. The fraction of sp³-hybridized carbons (Fsp3) is 0.0800. The van der Waals surface area contributed by atoms with Crippen molar-refractivity contribution in [3.63, 3.8) is 0 Å². The Hall–Kier alpha value is -4.99. The minimum absolute atomic E-state index is 0.00688. The second-order valence-electron chi connectivity index (χ2n) is 7.28. The summed E-state index contributed by atoms with van der Waals surface area (Å²) in [5.74, 6) is 1.17. The van der Waals surface area contributed by atoms with Crippen molar-refractivity contribution in [1.29, 1.82) is 0 Å². The van der Waals surface area contributed by atoms with Gasteiger partial charge in [0.25, 0.3) is 11.6 Å². The van der Waals surface area contributed by atoms with E-state index in [0.717, 1.165) is 0 Å². The van der Waals surface area contributed by atoms with Gasteiger partial charge in [-0.2, -0.15) is 0 Å². The Labute approximate surface area is 200 Å². The van der Waals surface area contributed by atoms with Gasteiger partial charge in [-0.05, 0) is 67.1 Å². The number of nitro benzene ring substituents is 1. The molecule has 0 aliphatic heterocycles. The maximum atomic E-state index is 13.1. The van der Waals surface area contributed by atoms with Crippen molar-refractivity contribution in [3.05, 3.63) is 100 Å². The number of rotatable bonds is 8. The number of amides is 1. The number of carbonyl (C=O) groups is 1. The van der Waals surface area contributed by atoms with Crippen LogP contribution in [0.4, 0.5) is 11.4 Å². The molecule has 1 aromatic heterocycles. The minimum Gasteiger partial charge on any atom is -0.497 e. The highest BCUT2D eigenvalue weighted by atomic mass is 16.6. The lowest BCUT2D eigenvalue weighted by Crippen LogP contribution is -2.14. The van der Waals surface area contributed by atoms with Crippen molar-refractivity contribution in [2.45, 2.75) is 6.92 Å². The van der Waals surface area contributed by atoms with Crippen LogP contribution < -0.4 is 19.5 Å². The molecule has 4 rings (SSSR count). The normalized spacial score (nSPS) is 10.3. The molecule has 0 saturated carbocycles. The summed E-state index contributed by atoms with van der Waals surface area (Å²) in [6.45, 7) is 1.79. The second kappa shape index (κ2) is 10.3. The van der Waals surface area contributed by atoms with E-state index < -0.39 is 10.8 Å². The molecule has 0 atom stereocenters. The van der Waals surface area contributed by atoms with Crippen LogP contribution in [0.1, 0.15) is 15.9 Å². The first kappa shape index (κ1) is 23.2. The number of anilines is 1. The Bertz CT molecular complexity index is 1360. The lowest BCUT2D eigenvalue weighted by Gasteiger charge is -2.14. The van der Waals surface area contributed by atoms with Crippen LogP contribution in [0.3, 0.4) is 0 Å². The highest BCUT2D eigenvalue weighted by Gasteiger charge is 2.19. The molecule has 0 spiro atoms. The van der Waals surface area contributed by atoms with Crippen molar-refractivity contribution >= 4 is 17.3 Å². The van der Waals surface area contributed by atoms with Gasteiger partial charge in [-0.3, -0.25) is 14.9 Å². The van der Waals surface area contributed by atoms with Crippen LogP contribution in [0.15, 0.2) is 79.1 Å². The summed E-state index contributed by atoms with van der Waals surface area (Å²) in [5, 5.41) is 14.1. The molecule has 35 heavy (non-hydrogen) atoms. The quantitative estimate of drug-likeness (QED) is 0.262. The number of nitrogens with zero attached hydrogens (tertiary/aromatic N) is 3. The molecule has 3 aromatic carbocycles. The molecule has 0 aliphatic rings. The molecule has 10 heteroatoms. The van der Waals surface area contributed by atoms with E-state index in [-0.39, 0.29) is 23.0 Å². The van der Waals surface area contributed by atoms with Gasteiger partial charge in [0.1, 0.15) is 23.0 Å². The first-order valence-corrected chi connectivity index (χ1v) is 10.4. The van der Waals surface area contributed by atoms with Crippen molar-refractivity contribution < 1.29 is 23.9 Å². The van der Waals surface area contributed by atoms with E-state index >= 15 is 0 Å². The van der Waals surface area contributed by atoms with Crippen LogP contribution in [0, 0.1) is 17.0 Å². The number of hydrogen-bond donors (Lipinski definition) is 1. The number of nitrogens with one attached hydrogen (secondary N) is 1. The van der Waals surface area contributed by atoms with Gasteiger partial charge in [0.2, 0.25) is 0 Å². The van der Waals surface area contributed by atoms with Crippen molar-refractivity contribution in [2.75, 3.05) is 12.4 Å². The first-order valence-electron chi connectivity index (χ1n) is 10.4. The Kier molecular flexibility index (Phi) is 6.82. The number of methoxy groups -OCH3 is 1. The number of aryl methyl sites for hydroxylation is 1. The molecule has 0 unspecified atom stereocenters. The molecular weight excluding hydrogens is 452 g/mol. The van der Waals surface area contributed by atoms with Crippen LogP contribution >= 0.6 is 0 Å². The molecule has 0 fully saturated rings. The third-order valence-corrected chi connectivity index (χ3v) is 4.90. The van der Waals surface area contributed by atoms with E-state index in [1.807, 2.05) is 0 Å². The van der Waals surface area contributed by atoms with Crippen molar-refractivity contribution in [1.82, 2.24) is 9.97 Å². The maximum absolute atomic E-state index is 13.1. The number of benzene rings is 3. The van der Waals surface area contributed by atoms with E-state index in [9.17, 15) is 14.9 Å². The molecule has 1 heterocycles. The highest BCUT2D eigenvalue weighted by molar-refractivity contribution is 6.07. The zero-order valence-electron chi connectivity index (χ0n) is 18.8. The Morgan fingerprint density at radius 3 is 2.26 bits per heavy atom. The molecule has 0 radical (unpaired) electrons. The summed E-state index contributed by atoms with van der Waals surface area (Å²) in [6.07, 6.45) is 3.13. The zero-order chi connectivity index (χ0) is 24.8. The molecule has 0 bridgehead atoms. The number of aromatic nitrogens is 2. The summed E-state index contributed by atoms with van der Waals surface area (Å²) >= 11 is 0. The largest absolute Gasteiger partial charge is 0.497 e. The highest BCUT2D eigenvalue weighted by Crippen LogP contribution is 2.31. The van der Waals surface area contributed by atoms with Crippen LogP contribution in [-0.4, -0.2) is 27.9 Å². The summed E-state index contributed by atoms with van der Waals surface area (Å²) in [6, 6.07) is 17.5. The molecule has 1 N–H and O–H groups in total. The number of non-ortho nitro benzene ring substituents is 1. The lowest BCUT2D eigenvalue weighted by molar-refractivity contribution is -0.384. The summed E-state index contributed by atoms with van der Waals surface area (Å²) in [4.78, 5) is 31.9. The number of nitro groups is 1. The third kappa shape index (κ3) is 5.69. The lowest BCUT2D eigenvalue weighted by atomic mass is 10.1. The fourth-order valence-corrected chi connectivity index (χ4v) is 3.14. The van der Waals surface area contributed by atoms with Gasteiger partial charge in [-0.25, -0.2) is 9.97 Å². The van der Waals surface area contributed by atoms with Gasteiger partial charge in [0.15, 0.2) is 0 Å². The number of hydrogen-bond acceptors (Lipinski definition) is 8. The number of ether oxygens (including phenoxy) is 3. The van der Waals surface area contributed by atoms with Gasteiger partial charge in [0.05, 0.1) is 17.6 Å². The molecular formula is C25H20N4O6. The van der Waals surface area contributed by atoms with E-state index in [1.54, 1.807) is 75.0 Å². The summed E-state index contributed by atoms with van der Waals surface area (Å²) < 4.78 is 16.6. The molecule has 4 aromatic rings. The van der Waals surface area contributed by atoms with Gasteiger partial charge >= 0.3 is 6.01 Å². The average molecular weight is 472 g/mol. The fourth-order valence-electron chi connectivity index (χ4n) is 3.14. The molecule has 0 saturated heterocycles. The van der Waals surface area contributed by atoms with Crippen molar-refractivity contribution in [3.8, 4) is 29.0 Å². The third-order valence-electron chi connectivity index (χ3n) is 4.90. The Morgan fingerprint density at radius 2 is 1.60 bits per heavy atom. The van der Waals surface area contributed by atoms with Crippen molar-refractivity contribution in [2.24, 2.45) is 0 Å². The zero-order valence-corrected chi connectivity index (χ0v) is 18.8. The van der Waals surface area contributed by atoms with Crippen LogP contribution in [0.5, 0.6) is 29.0 Å². The van der Waals surface area contributed by atoms with E-state index in [2.05, 4.69) is 15.3 Å². The maximum Gasteiger partial charge on any atom is 0.321 e. The first-order chi connectivity index (χ1) is 16.9. The molecule has 10 nitrogen and oxygen atoms in total. The van der Waals surface area contributed by atoms with Gasteiger partial charge in [0, 0.05) is 30.2 Å². The van der Waals surface area contributed by atoms with Crippen LogP contribution in [-0.2, 0) is 0 Å². The van der Waals surface area contributed by atoms with E-state index in [1.165, 1.54) is 18.2 Å². The van der Waals surface area contributed by atoms with Gasteiger partial charge in [-0.15, -0.1) is 0 Å². The molecule has 176 valence electrons. The second-order valence-corrected chi connectivity index (χ2v) is 7.28. The predicted octanol–water partition coefficient (Wildman–Crippen LogP) is 5.54. The summed E-state index contributed by atoms with van der Waals surface area (Å²) in [7, 11) is 1.55.